The van der Waals surface area contributed by atoms with Crippen LogP contribution in [0.4, 0.5) is 0 Å². The van der Waals surface area contributed by atoms with Crippen LogP contribution >= 0.6 is 15.4 Å². The van der Waals surface area contributed by atoms with E-state index >= 15 is 0 Å². The third kappa shape index (κ3) is 8.38. The van der Waals surface area contributed by atoms with E-state index in [4.69, 9.17) is 14.7 Å². The third-order valence-electron chi connectivity index (χ3n) is 0.927. The molecule has 1 atom stereocenters. The van der Waals surface area contributed by atoms with Gasteiger partial charge in [-0.2, -0.15) is 0 Å². The largest absolute Gasteiger partial charge is 0.477 e. The van der Waals surface area contributed by atoms with E-state index in [2.05, 4.69) is 4.31 Å². The molecule has 0 amide bonds. The molecule has 0 saturated heterocycles. The van der Waals surface area contributed by atoms with Crippen LogP contribution in [0.25, 0.3) is 0 Å². The lowest BCUT2D eigenvalue weighted by Gasteiger charge is -2.07. The van der Waals surface area contributed by atoms with Crippen molar-refractivity contribution in [1.29, 1.82) is 0 Å². The molecule has 0 aromatic heterocycles. The molecule has 0 aliphatic carbocycles. The van der Waals surface area contributed by atoms with Gasteiger partial charge in [0, 0.05) is 5.82 Å². The molecule has 0 rings (SSSR count). The van der Waals surface area contributed by atoms with E-state index in [1.54, 1.807) is 13.8 Å². The standard InChI is InChI=1S/C6H12O6P2/c1-6(2)4-3-5-13(7,8)12-14(9,10)11/h3-5H,1-2H3,(H,7,8)(H2,9,10,11)/b5-3+. The number of phosphoric acid groups is 1. The van der Waals surface area contributed by atoms with E-state index in [1.807, 2.05) is 0 Å². The molecule has 1 unspecified atom stereocenters. The molecule has 3 N–H and O–H groups in total. The Bertz CT molecular complexity index is 334. The molecule has 0 aromatic carbocycles. The average molecular weight is 242 g/mol. The molecule has 6 nitrogen and oxygen atoms in total. The van der Waals surface area contributed by atoms with Gasteiger partial charge in [-0.3, -0.25) is 4.57 Å². The average Bonchev–Trinajstić information content (AvgIpc) is 1.78. The van der Waals surface area contributed by atoms with Crippen molar-refractivity contribution in [2.45, 2.75) is 13.8 Å². The second-order valence-electron chi connectivity index (χ2n) is 2.72. The highest BCUT2D eigenvalue weighted by atomic mass is 31.3. The topological polar surface area (TPSA) is 104 Å². The summed E-state index contributed by atoms with van der Waals surface area (Å²) < 4.78 is 24.8. The molecule has 0 saturated carbocycles. The van der Waals surface area contributed by atoms with Gasteiger partial charge in [0.1, 0.15) is 0 Å². The zero-order valence-corrected chi connectivity index (χ0v) is 9.48. The second kappa shape index (κ2) is 5.03. The Labute approximate surface area is 81.7 Å². The number of hydrogen-bond acceptors (Lipinski definition) is 3. The molecular weight excluding hydrogens is 230 g/mol. The van der Waals surface area contributed by atoms with Gasteiger partial charge >= 0.3 is 15.4 Å². The summed E-state index contributed by atoms with van der Waals surface area (Å²) >= 11 is 0. The molecule has 82 valence electrons. The van der Waals surface area contributed by atoms with E-state index in [-0.39, 0.29) is 0 Å². The summed E-state index contributed by atoms with van der Waals surface area (Å²) in [5.41, 5.74) is 0.873. The van der Waals surface area contributed by atoms with Crippen LogP contribution in [0.2, 0.25) is 0 Å². The van der Waals surface area contributed by atoms with E-state index in [0.717, 1.165) is 5.57 Å². The minimum Gasteiger partial charge on any atom is -0.321 e. The fourth-order valence-corrected chi connectivity index (χ4v) is 2.26. The normalized spacial score (nSPS) is 16.6. The molecular formula is C6H12O6P2. The van der Waals surface area contributed by atoms with E-state index in [1.165, 1.54) is 12.2 Å². The van der Waals surface area contributed by atoms with Crippen molar-refractivity contribution in [3.63, 3.8) is 0 Å². The molecule has 0 heterocycles. The van der Waals surface area contributed by atoms with Crippen molar-refractivity contribution in [3.05, 3.63) is 23.5 Å². The third-order valence-corrected chi connectivity index (χ3v) is 3.26. The van der Waals surface area contributed by atoms with Crippen molar-refractivity contribution < 1.29 is 28.1 Å². The Hall–Kier alpha value is -0.220. The summed E-state index contributed by atoms with van der Waals surface area (Å²) in [5, 5.41) is 0. The van der Waals surface area contributed by atoms with Crippen LogP contribution in [-0.4, -0.2) is 14.7 Å². The van der Waals surface area contributed by atoms with Crippen LogP contribution in [0.1, 0.15) is 13.8 Å². The number of allylic oxidation sites excluding steroid dienone is 3. The SMILES string of the molecule is CC(C)=C/C=C/P(=O)(O)OP(=O)(O)O. The summed E-state index contributed by atoms with van der Waals surface area (Å²) in [6.07, 6.45) is 2.71. The summed E-state index contributed by atoms with van der Waals surface area (Å²) in [5.74, 6) is 0.707. The molecule has 0 aliphatic heterocycles. The highest BCUT2D eigenvalue weighted by Crippen LogP contribution is 2.57. The molecule has 8 heteroatoms. The van der Waals surface area contributed by atoms with Gasteiger partial charge in [0.2, 0.25) is 0 Å². The van der Waals surface area contributed by atoms with Crippen molar-refractivity contribution in [2.75, 3.05) is 0 Å². The first-order valence-electron chi connectivity index (χ1n) is 3.54. The molecule has 0 bridgehead atoms. The maximum atomic E-state index is 10.9. The van der Waals surface area contributed by atoms with Crippen LogP contribution in [-0.2, 0) is 13.4 Å². The monoisotopic (exact) mass is 242 g/mol. The van der Waals surface area contributed by atoms with Gasteiger partial charge in [0.15, 0.2) is 0 Å². The highest BCUT2D eigenvalue weighted by Gasteiger charge is 2.27. The Morgan fingerprint density at radius 1 is 1.21 bits per heavy atom. The summed E-state index contributed by atoms with van der Waals surface area (Å²) in [7, 11) is -9.29. The minimum absolute atomic E-state index is 0.707. The lowest BCUT2D eigenvalue weighted by atomic mass is 10.3. The molecule has 0 aliphatic rings. The van der Waals surface area contributed by atoms with Crippen LogP contribution in [0.3, 0.4) is 0 Å². The van der Waals surface area contributed by atoms with Crippen molar-refractivity contribution in [3.8, 4) is 0 Å². The molecule has 0 radical (unpaired) electrons. The highest BCUT2D eigenvalue weighted by molar-refractivity contribution is 7.65. The Morgan fingerprint density at radius 2 is 1.71 bits per heavy atom. The van der Waals surface area contributed by atoms with Crippen molar-refractivity contribution in [1.82, 2.24) is 0 Å². The predicted octanol–water partition coefficient (Wildman–Crippen LogP) is 1.76. The first-order chi connectivity index (χ1) is 6.12. The van der Waals surface area contributed by atoms with Crippen LogP contribution in [0.5, 0.6) is 0 Å². The maximum Gasteiger partial charge on any atom is 0.477 e. The van der Waals surface area contributed by atoms with Crippen molar-refractivity contribution in [2.24, 2.45) is 0 Å². The zero-order chi connectivity index (χ0) is 11.4. The molecule has 0 fully saturated rings. The Morgan fingerprint density at radius 3 is 2.07 bits per heavy atom. The lowest BCUT2D eigenvalue weighted by Crippen LogP contribution is -1.84. The quantitative estimate of drug-likeness (QED) is 0.512. The van der Waals surface area contributed by atoms with Gasteiger partial charge in [-0.25, -0.2) is 8.88 Å². The van der Waals surface area contributed by atoms with Crippen molar-refractivity contribution >= 4 is 15.4 Å². The van der Waals surface area contributed by atoms with Gasteiger partial charge in [0.05, 0.1) is 0 Å². The van der Waals surface area contributed by atoms with Gasteiger partial charge in [-0.1, -0.05) is 17.7 Å². The summed E-state index contributed by atoms with van der Waals surface area (Å²) in [6.45, 7) is 3.52. The number of hydrogen-bond donors (Lipinski definition) is 3. The smallest absolute Gasteiger partial charge is 0.321 e. The van der Waals surface area contributed by atoms with E-state index in [0.29, 0.717) is 5.82 Å². The Balaban J connectivity index is 4.52. The zero-order valence-electron chi connectivity index (χ0n) is 7.69. The molecule has 0 aromatic rings. The summed E-state index contributed by atoms with van der Waals surface area (Å²) in [4.78, 5) is 25.4. The molecule has 0 spiro atoms. The minimum atomic E-state index is -4.94. The van der Waals surface area contributed by atoms with E-state index < -0.39 is 15.4 Å². The van der Waals surface area contributed by atoms with Gasteiger partial charge < -0.3 is 14.7 Å². The van der Waals surface area contributed by atoms with Gasteiger partial charge in [-0.05, 0) is 13.8 Å². The molecule has 14 heavy (non-hydrogen) atoms. The van der Waals surface area contributed by atoms with Gasteiger partial charge in [0.25, 0.3) is 0 Å². The fraction of sp³-hybridized carbons (Fsp3) is 0.333. The summed E-state index contributed by atoms with van der Waals surface area (Å²) in [6, 6.07) is 0. The van der Waals surface area contributed by atoms with Crippen LogP contribution in [0.15, 0.2) is 23.5 Å². The van der Waals surface area contributed by atoms with Gasteiger partial charge in [-0.15, -0.1) is 0 Å². The van der Waals surface area contributed by atoms with Crippen LogP contribution in [0, 0.1) is 0 Å². The number of rotatable bonds is 4. The predicted molar refractivity (Wildman–Crippen MR) is 51.5 cm³/mol. The maximum absolute atomic E-state index is 10.9. The van der Waals surface area contributed by atoms with E-state index in [9.17, 15) is 9.13 Å². The first-order valence-corrected chi connectivity index (χ1v) is 6.72. The Kier molecular flexibility index (Phi) is 4.95. The first kappa shape index (κ1) is 13.8. The lowest BCUT2D eigenvalue weighted by molar-refractivity contribution is 0.267. The fourth-order valence-electron chi connectivity index (χ4n) is 0.524. The second-order valence-corrected chi connectivity index (χ2v) is 5.78. The van der Waals surface area contributed by atoms with Crippen LogP contribution < -0.4 is 0 Å².